The molecule has 3 aromatic rings. The maximum absolute atomic E-state index is 12.7. The predicted molar refractivity (Wildman–Crippen MR) is 102 cm³/mol. The van der Waals surface area contributed by atoms with Crippen molar-refractivity contribution in [2.75, 3.05) is 26.6 Å². The number of hydrogen-bond acceptors (Lipinski definition) is 5. The minimum Gasteiger partial charge on any atom is -0.872 e. The number of amides is 1. The van der Waals surface area contributed by atoms with Gasteiger partial charge in [-0.25, -0.2) is 0 Å². The van der Waals surface area contributed by atoms with Gasteiger partial charge in [0.2, 0.25) is 0 Å². The van der Waals surface area contributed by atoms with Gasteiger partial charge >= 0.3 is 51.4 Å². The number of fused-ring (bicyclic) bond motifs is 1. The maximum atomic E-state index is 12.7. The van der Waals surface area contributed by atoms with E-state index in [2.05, 4.69) is 5.32 Å². The molecule has 28 heavy (non-hydrogen) atoms. The summed E-state index contributed by atoms with van der Waals surface area (Å²) < 4.78 is 15.6. The van der Waals surface area contributed by atoms with Gasteiger partial charge < -0.3 is 24.6 Å². The molecular formula is C20H17ClKNO5. The Kier molecular flexibility index (Phi) is 8.00. The number of ether oxygens (including phenoxy) is 3. The number of rotatable bonds is 5. The van der Waals surface area contributed by atoms with E-state index in [0.717, 1.165) is 10.8 Å². The molecule has 0 aliphatic carbocycles. The molecule has 1 N–H and O–H groups in total. The van der Waals surface area contributed by atoms with E-state index in [1.54, 1.807) is 25.3 Å². The smallest absolute Gasteiger partial charge is 0.872 e. The summed E-state index contributed by atoms with van der Waals surface area (Å²) in [4.78, 5) is 12.7. The van der Waals surface area contributed by atoms with E-state index >= 15 is 0 Å². The summed E-state index contributed by atoms with van der Waals surface area (Å²) in [6, 6.07) is 11.3. The molecule has 0 spiro atoms. The van der Waals surface area contributed by atoms with Crippen molar-refractivity contribution >= 4 is 34.0 Å². The molecule has 0 aliphatic rings. The molecule has 3 rings (SSSR count). The van der Waals surface area contributed by atoms with Crippen LogP contribution >= 0.6 is 11.6 Å². The second-order valence-corrected chi connectivity index (χ2v) is 6.11. The zero-order chi connectivity index (χ0) is 19.6. The topological polar surface area (TPSA) is 79.9 Å². The summed E-state index contributed by atoms with van der Waals surface area (Å²) >= 11 is 6.07. The zero-order valence-corrected chi connectivity index (χ0v) is 19.8. The van der Waals surface area contributed by atoms with Crippen molar-refractivity contribution in [3.05, 3.63) is 53.1 Å². The van der Waals surface area contributed by atoms with Crippen LogP contribution in [0.1, 0.15) is 10.4 Å². The second kappa shape index (κ2) is 9.82. The Morgan fingerprint density at radius 2 is 1.64 bits per heavy atom. The summed E-state index contributed by atoms with van der Waals surface area (Å²) in [5.74, 6) is 0.413. The van der Waals surface area contributed by atoms with Crippen molar-refractivity contribution in [2.45, 2.75) is 0 Å². The molecule has 0 atom stereocenters. The quantitative estimate of drug-likeness (QED) is 0.613. The average molecular weight is 426 g/mol. The normalized spacial score (nSPS) is 10.1. The summed E-state index contributed by atoms with van der Waals surface area (Å²) in [5.41, 5.74) is 0.348. The molecule has 1 amide bonds. The van der Waals surface area contributed by atoms with Crippen LogP contribution in [-0.2, 0) is 0 Å². The van der Waals surface area contributed by atoms with Crippen molar-refractivity contribution in [3.63, 3.8) is 0 Å². The zero-order valence-electron chi connectivity index (χ0n) is 16.0. The first-order chi connectivity index (χ1) is 13.0. The van der Waals surface area contributed by atoms with Crippen LogP contribution < -0.4 is 76.0 Å². The number of halogens is 1. The molecule has 6 nitrogen and oxygen atoms in total. The fourth-order valence-electron chi connectivity index (χ4n) is 2.71. The van der Waals surface area contributed by atoms with Gasteiger partial charge in [-0.3, -0.25) is 4.79 Å². The number of carbonyl (C=O) groups is 1. The van der Waals surface area contributed by atoms with E-state index in [0.29, 0.717) is 28.0 Å². The third-order valence-electron chi connectivity index (χ3n) is 4.11. The first-order valence-electron chi connectivity index (χ1n) is 7.98. The molecule has 3 aromatic carbocycles. The summed E-state index contributed by atoms with van der Waals surface area (Å²) in [7, 11) is 4.47. The van der Waals surface area contributed by atoms with E-state index in [1.807, 2.05) is 0 Å². The van der Waals surface area contributed by atoms with Crippen LogP contribution in [0.15, 0.2) is 42.5 Å². The summed E-state index contributed by atoms with van der Waals surface area (Å²) in [6.45, 7) is 0. The van der Waals surface area contributed by atoms with Gasteiger partial charge in [-0.05, 0) is 29.0 Å². The van der Waals surface area contributed by atoms with E-state index in [1.165, 1.54) is 38.5 Å². The molecule has 0 radical (unpaired) electrons. The minimum absolute atomic E-state index is 0. The molecule has 8 heteroatoms. The van der Waals surface area contributed by atoms with Crippen LogP contribution in [0.2, 0.25) is 5.02 Å². The molecular weight excluding hydrogens is 409 g/mol. The Hall–Kier alpha value is -1.48. The van der Waals surface area contributed by atoms with Crippen molar-refractivity contribution in [3.8, 4) is 23.0 Å². The van der Waals surface area contributed by atoms with Crippen molar-refractivity contribution in [2.24, 2.45) is 0 Å². The number of carbonyl (C=O) groups excluding carboxylic acids is 1. The Morgan fingerprint density at radius 1 is 0.929 bits per heavy atom. The fourth-order valence-corrected chi connectivity index (χ4v) is 2.94. The average Bonchev–Trinajstić information content (AvgIpc) is 2.67. The van der Waals surface area contributed by atoms with Gasteiger partial charge in [-0.15, -0.1) is 0 Å². The molecule has 140 valence electrons. The molecule has 0 bridgehead atoms. The van der Waals surface area contributed by atoms with Gasteiger partial charge in [0.05, 0.1) is 32.0 Å². The van der Waals surface area contributed by atoms with Crippen LogP contribution in [0, 0.1) is 0 Å². The van der Waals surface area contributed by atoms with Gasteiger partial charge in [0.15, 0.2) is 0 Å². The van der Waals surface area contributed by atoms with Gasteiger partial charge in [0.1, 0.15) is 17.2 Å². The van der Waals surface area contributed by atoms with Crippen LogP contribution in [-0.4, -0.2) is 27.2 Å². The molecule has 0 heterocycles. The third-order valence-corrected chi connectivity index (χ3v) is 4.41. The molecule has 0 unspecified atom stereocenters. The van der Waals surface area contributed by atoms with E-state index < -0.39 is 5.91 Å². The van der Waals surface area contributed by atoms with E-state index in [-0.39, 0.29) is 62.7 Å². The van der Waals surface area contributed by atoms with Crippen molar-refractivity contribution in [1.29, 1.82) is 0 Å². The largest absolute Gasteiger partial charge is 1.00 e. The fraction of sp³-hybridized carbons (Fsp3) is 0.150. The first-order valence-corrected chi connectivity index (χ1v) is 8.36. The van der Waals surface area contributed by atoms with Crippen molar-refractivity contribution in [1.82, 2.24) is 0 Å². The van der Waals surface area contributed by atoms with E-state index in [9.17, 15) is 9.90 Å². The molecule has 0 saturated heterocycles. The maximum Gasteiger partial charge on any atom is 1.00 e. The SMILES string of the molecule is COc1ccc2cc([O-])c(C(=O)Nc3cc(OC)c(Cl)cc3OC)cc2c1.[K+]. The van der Waals surface area contributed by atoms with Crippen LogP contribution in [0.3, 0.4) is 0 Å². The number of benzene rings is 3. The van der Waals surface area contributed by atoms with Gasteiger partial charge in [0, 0.05) is 17.7 Å². The van der Waals surface area contributed by atoms with Crippen LogP contribution in [0.25, 0.3) is 10.8 Å². The standard InChI is InChI=1S/C20H18ClNO5.K/c1-25-13-5-4-11-8-17(23)14(7-12(11)6-13)20(24)22-16-10-18(26-2)15(21)9-19(16)27-3;/h4-10,23H,1-3H3,(H,22,24);/q;+1/p-1. The molecule has 0 aliphatic heterocycles. The molecule has 0 aromatic heterocycles. The molecule has 0 saturated carbocycles. The van der Waals surface area contributed by atoms with Crippen LogP contribution in [0.4, 0.5) is 5.69 Å². The third kappa shape index (κ3) is 4.73. The Labute approximate surface area is 210 Å². The number of anilines is 1. The van der Waals surface area contributed by atoms with Crippen LogP contribution in [0.5, 0.6) is 23.0 Å². The first kappa shape index (κ1) is 22.8. The Morgan fingerprint density at radius 3 is 2.29 bits per heavy atom. The number of hydrogen-bond donors (Lipinski definition) is 1. The van der Waals surface area contributed by atoms with Crippen molar-refractivity contribution < 1.29 is 75.5 Å². The molecule has 0 fully saturated rings. The van der Waals surface area contributed by atoms with E-state index in [4.69, 9.17) is 25.8 Å². The Balaban J connectivity index is 0.00000280. The predicted octanol–water partition coefficient (Wildman–Crippen LogP) is 0.849. The number of methoxy groups -OCH3 is 3. The Bertz CT molecular complexity index is 1030. The van der Waals surface area contributed by atoms with Gasteiger partial charge in [-0.1, -0.05) is 29.5 Å². The minimum atomic E-state index is -0.563. The summed E-state index contributed by atoms with van der Waals surface area (Å²) in [5, 5.41) is 16.9. The monoisotopic (exact) mass is 425 g/mol. The summed E-state index contributed by atoms with van der Waals surface area (Å²) in [6.07, 6.45) is 0. The van der Waals surface area contributed by atoms with Gasteiger partial charge in [0.25, 0.3) is 5.91 Å². The second-order valence-electron chi connectivity index (χ2n) is 5.70. The van der Waals surface area contributed by atoms with Gasteiger partial charge in [-0.2, -0.15) is 0 Å². The number of nitrogens with one attached hydrogen (secondary N) is 1.